The highest BCUT2D eigenvalue weighted by Crippen LogP contribution is 2.31. The largest absolute Gasteiger partial charge is 0.493 e. The quantitative estimate of drug-likeness (QED) is 0.732. The molecule has 2 aromatic carbocycles. The Morgan fingerprint density at radius 2 is 1.55 bits per heavy atom. The first-order chi connectivity index (χ1) is 14.7. The topological polar surface area (TPSA) is 84.9 Å². The van der Waals surface area contributed by atoms with Gasteiger partial charge in [0, 0.05) is 30.8 Å². The van der Waals surface area contributed by atoms with E-state index in [1.165, 1.54) is 11.4 Å². The first kappa shape index (κ1) is 23.1. The number of benzene rings is 2. The molecule has 31 heavy (non-hydrogen) atoms. The summed E-state index contributed by atoms with van der Waals surface area (Å²) in [5.41, 5.74) is 3.17. The van der Waals surface area contributed by atoms with E-state index in [4.69, 9.17) is 9.47 Å². The molecule has 7 nitrogen and oxygen atoms in total. The average Bonchev–Trinajstić information content (AvgIpc) is 2.72. The van der Waals surface area contributed by atoms with Crippen molar-refractivity contribution in [2.24, 2.45) is 5.92 Å². The van der Waals surface area contributed by atoms with Crippen molar-refractivity contribution in [2.45, 2.75) is 38.5 Å². The van der Waals surface area contributed by atoms with E-state index in [0.29, 0.717) is 48.0 Å². The first-order valence-electron chi connectivity index (χ1n) is 10.3. The lowest BCUT2D eigenvalue weighted by Gasteiger charge is -2.31. The summed E-state index contributed by atoms with van der Waals surface area (Å²) in [6, 6.07) is 8.98. The Balaban J connectivity index is 1.67. The number of nitrogens with zero attached hydrogens (tertiary/aromatic N) is 1. The van der Waals surface area contributed by atoms with Gasteiger partial charge in [-0.2, -0.15) is 4.31 Å². The van der Waals surface area contributed by atoms with Crippen LogP contribution in [0.5, 0.6) is 11.5 Å². The van der Waals surface area contributed by atoms with Gasteiger partial charge in [0.2, 0.25) is 15.9 Å². The molecule has 2 aromatic rings. The van der Waals surface area contributed by atoms with Gasteiger partial charge in [-0.05, 0) is 56.9 Å². The van der Waals surface area contributed by atoms with Gasteiger partial charge in [-0.1, -0.05) is 17.7 Å². The monoisotopic (exact) mass is 446 g/mol. The van der Waals surface area contributed by atoms with E-state index < -0.39 is 10.0 Å². The van der Waals surface area contributed by atoms with E-state index in [-0.39, 0.29) is 11.8 Å². The molecular formula is C23H30N2O5S. The van der Waals surface area contributed by atoms with Crippen LogP contribution in [0.25, 0.3) is 0 Å². The molecular weight excluding hydrogens is 416 g/mol. The lowest BCUT2D eigenvalue weighted by atomic mass is 9.97. The number of anilines is 1. The van der Waals surface area contributed by atoms with E-state index in [1.807, 2.05) is 32.9 Å². The molecule has 0 bridgehead atoms. The standard InChI is InChI=1S/C23H30N2O5S/c1-15-12-16(2)22(17(3)13-15)31(27,28)25-10-8-18(9-11-25)23(26)24-19-6-7-20(29-4)21(14-19)30-5/h6-7,12-14,18H,8-11H2,1-5H3,(H,24,26). The van der Waals surface area contributed by atoms with Gasteiger partial charge in [0.15, 0.2) is 11.5 Å². The minimum absolute atomic E-state index is 0.119. The maximum Gasteiger partial charge on any atom is 0.243 e. The molecule has 1 aliphatic heterocycles. The van der Waals surface area contributed by atoms with Crippen LogP contribution in [0.2, 0.25) is 0 Å². The van der Waals surface area contributed by atoms with E-state index in [0.717, 1.165) is 16.7 Å². The molecule has 0 atom stereocenters. The fourth-order valence-corrected chi connectivity index (χ4v) is 6.10. The maximum absolute atomic E-state index is 13.2. The van der Waals surface area contributed by atoms with Crippen molar-refractivity contribution < 1.29 is 22.7 Å². The third-order valence-corrected chi connectivity index (χ3v) is 7.88. The van der Waals surface area contributed by atoms with Gasteiger partial charge in [0.25, 0.3) is 0 Å². The molecule has 1 saturated heterocycles. The maximum atomic E-state index is 13.2. The predicted molar refractivity (Wildman–Crippen MR) is 120 cm³/mol. The highest BCUT2D eigenvalue weighted by molar-refractivity contribution is 7.89. The predicted octanol–water partition coefficient (Wildman–Crippen LogP) is 3.67. The summed E-state index contributed by atoms with van der Waals surface area (Å²) in [5, 5.41) is 2.90. The number of hydrogen-bond acceptors (Lipinski definition) is 5. The summed E-state index contributed by atoms with van der Waals surface area (Å²) in [7, 11) is -0.502. The molecule has 0 aliphatic carbocycles. The smallest absolute Gasteiger partial charge is 0.243 e. The Morgan fingerprint density at radius 1 is 0.968 bits per heavy atom. The normalized spacial score (nSPS) is 15.5. The number of ether oxygens (including phenoxy) is 2. The highest BCUT2D eigenvalue weighted by atomic mass is 32.2. The number of aryl methyl sites for hydroxylation is 3. The second-order valence-electron chi connectivity index (χ2n) is 7.97. The molecule has 168 valence electrons. The van der Waals surface area contributed by atoms with E-state index in [2.05, 4.69) is 5.32 Å². The number of rotatable bonds is 6. The van der Waals surface area contributed by atoms with Gasteiger partial charge in [-0.3, -0.25) is 4.79 Å². The molecule has 0 saturated carbocycles. The third-order valence-electron chi connectivity index (χ3n) is 5.68. The highest BCUT2D eigenvalue weighted by Gasteiger charge is 2.33. The molecule has 1 N–H and O–H groups in total. The summed E-state index contributed by atoms with van der Waals surface area (Å²) in [6.07, 6.45) is 0.949. The second kappa shape index (κ2) is 9.28. The van der Waals surface area contributed by atoms with Gasteiger partial charge in [0.05, 0.1) is 19.1 Å². The number of amides is 1. The zero-order valence-corrected chi connectivity index (χ0v) is 19.5. The molecule has 1 fully saturated rings. The van der Waals surface area contributed by atoms with Crippen LogP contribution < -0.4 is 14.8 Å². The minimum atomic E-state index is -3.59. The van der Waals surface area contributed by atoms with Crippen LogP contribution in [-0.2, 0) is 14.8 Å². The van der Waals surface area contributed by atoms with E-state index in [1.54, 1.807) is 25.3 Å². The lowest BCUT2D eigenvalue weighted by molar-refractivity contribution is -0.120. The Morgan fingerprint density at radius 3 is 2.10 bits per heavy atom. The van der Waals surface area contributed by atoms with Crippen LogP contribution in [0, 0.1) is 26.7 Å². The zero-order chi connectivity index (χ0) is 22.8. The fourth-order valence-electron chi connectivity index (χ4n) is 4.22. The van der Waals surface area contributed by atoms with E-state index in [9.17, 15) is 13.2 Å². The van der Waals surface area contributed by atoms with Gasteiger partial charge < -0.3 is 14.8 Å². The number of carbonyl (C=O) groups excluding carboxylic acids is 1. The zero-order valence-electron chi connectivity index (χ0n) is 18.7. The van der Waals surface area contributed by atoms with Crippen LogP contribution >= 0.6 is 0 Å². The first-order valence-corrected chi connectivity index (χ1v) is 11.7. The van der Waals surface area contributed by atoms with Crippen molar-refractivity contribution in [1.29, 1.82) is 0 Å². The molecule has 0 radical (unpaired) electrons. The molecule has 8 heteroatoms. The summed E-state index contributed by atoms with van der Waals surface area (Å²) < 4.78 is 38.5. The number of sulfonamides is 1. The van der Waals surface area contributed by atoms with Crippen molar-refractivity contribution in [1.82, 2.24) is 4.31 Å². The summed E-state index contributed by atoms with van der Waals surface area (Å²) in [5.74, 6) is 0.748. The van der Waals surface area contributed by atoms with Crippen molar-refractivity contribution >= 4 is 21.6 Å². The minimum Gasteiger partial charge on any atom is -0.493 e. The molecule has 3 rings (SSSR count). The fraction of sp³-hybridized carbons (Fsp3) is 0.435. The molecule has 1 heterocycles. The molecule has 0 aromatic heterocycles. The number of hydrogen-bond donors (Lipinski definition) is 1. The Bertz CT molecular complexity index is 1050. The van der Waals surface area contributed by atoms with Gasteiger partial charge >= 0.3 is 0 Å². The summed E-state index contributed by atoms with van der Waals surface area (Å²) in [4.78, 5) is 13.1. The number of carbonyl (C=O) groups is 1. The molecule has 0 unspecified atom stereocenters. The summed E-state index contributed by atoms with van der Waals surface area (Å²) >= 11 is 0. The molecule has 1 aliphatic rings. The van der Waals surface area contributed by atoms with Crippen LogP contribution in [0.4, 0.5) is 5.69 Å². The van der Waals surface area contributed by atoms with Crippen molar-refractivity contribution in [3.05, 3.63) is 47.0 Å². The Hall–Kier alpha value is -2.58. The van der Waals surface area contributed by atoms with Crippen LogP contribution in [0.3, 0.4) is 0 Å². The van der Waals surface area contributed by atoms with Gasteiger partial charge in [-0.15, -0.1) is 0 Å². The molecule has 1 amide bonds. The van der Waals surface area contributed by atoms with E-state index >= 15 is 0 Å². The second-order valence-corrected chi connectivity index (χ2v) is 9.84. The third kappa shape index (κ3) is 4.85. The van der Waals surface area contributed by atoms with Gasteiger partial charge in [-0.25, -0.2) is 8.42 Å². The number of piperidine rings is 1. The lowest BCUT2D eigenvalue weighted by Crippen LogP contribution is -2.41. The van der Waals surface area contributed by atoms with Crippen LogP contribution in [-0.4, -0.2) is 45.9 Å². The molecule has 0 spiro atoms. The van der Waals surface area contributed by atoms with Crippen molar-refractivity contribution in [3.8, 4) is 11.5 Å². The Labute approximate surface area is 184 Å². The van der Waals surface area contributed by atoms with Crippen molar-refractivity contribution in [3.63, 3.8) is 0 Å². The Kier molecular flexibility index (Phi) is 6.91. The van der Waals surface area contributed by atoms with Crippen LogP contribution in [0.15, 0.2) is 35.2 Å². The van der Waals surface area contributed by atoms with Gasteiger partial charge in [0.1, 0.15) is 0 Å². The number of nitrogens with one attached hydrogen (secondary N) is 1. The average molecular weight is 447 g/mol. The SMILES string of the molecule is COc1ccc(NC(=O)C2CCN(S(=O)(=O)c3c(C)cc(C)cc3C)CC2)cc1OC. The van der Waals surface area contributed by atoms with Crippen molar-refractivity contribution in [2.75, 3.05) is 32.6 Å². The van der Waals surface area contributed by atoms with Crippen LogP contribution in [0.1, 0.15) is 29.5 Å². The summed E-state index contributed by atoms with van der Waals surface area (Å²) in [6.45, 7) is 6.25. The number of methoxy groups -OCH3 is 2.